The van der Waals surface area contributed by atoms with E-state index in [0.29, 0.717) is 29.0 Å². The Balaban J connectivity index is 1.59. The van der Waals surface area contributed by atoms with Gasteiger partial charge in [-0.05, 0) is 63.4 Å². The Labute approximate surface area is 165 Å². The second kappa shape index (κ2) is 8.08. The lowest BCUT2D eigenvalue weighted by atomic mass is 10.0. The highest BCUT2D eigenvalue weighted by atomic mass is 32.1. The lowest BCUT2D eigenvalue weighted by molar-refractivity contribution is 0.457. The van der Waals surface area contributed by atoms with Crippen molar-refractivity contribution in [3.63, 3.8) is 0 Å². The van der Waals surface area contributed by atoms with Gasteiger partial charge in [-0.2, -0.15) is 9.97 Å². The number of thiocarbonyl (C=S) groups is 1. The topological polar surface area (TPSA) is 62.3 Å². The molecule has 0 spiro atoms. The molecule has 4 rings (SSSR count). The summed E-state index contributed by atoms with van der Waals surface area (Å²) in [6.07, 6.45) is 5.93. The van der Waals surface area contributed by atoms with E-state index in [4.69, 9.17) is 21.9 Å². The maximum atomic E-state index is 5.98. The molecule has 1 aliphatic heterocycles. The van der Waals surface area contributed by atoms with Gasteiger partial charge in [-0.3, -0.25) is 0 Å². The predicted octanol–water partition coefficient (Wildman–Crippen LogP) is 4.10. The van der Waals surface area contributed by atoms with E-state index >= 15 is 0 Å². The highest BCUT2D eigenvalue weighted by Crippen LogP contribution is 2.29. The standard InChI is InChI=1S/C20H25N5OS/c1-14-7-5-6-12-25(14)17-13-18(26-16-8-3-2-4-9-16)23-19(22-17)24-20(27)21-15-10-11-15/h2-4,8-9,13-15H,5-7,10-12H2,1H3,(H2,21,22,23,24,27). The van der Waals surface area contributed by atoms with Crippen LogP contribution in [0.5, 0.6) is 11.6 Å². The highest BCUT2D eigenvalue weighted by Gasteiger charge is 2.24. The summed E-state index contributed by atoms with van der Waals surface area (Å²) in [6, 6.07) is 12.5. The van der Waals surface area contributed by atoms with E-state index in [2.05, 4.69) is 27.4 Å². The molecule has 1 atom stereocenters. The normalized spacial score (nSPS) is 19.4. The summed E-state index contributed by atoms with van der Waals surface area (Å²) in [4.78, 5) is 11.6. The Hall–Kier alpha value is -2.41. The molecule has 1 aliphatic carbocycles. The average molecular weight is 384 g/mol. The molecule has 27 heavy (non-hydrogen) atoms. The molecule has 6 nitrogen and oxygen atoms in total. The molecule has 2 aromatic rings. The van der Waals surface area contributed by atoms with E-state index in [-0.39, 0.29) is 0 Å². The molecule has 2 N–H and O–H groups in total. The summed E-state index contributed by atoms with van der Waals surface area (Å²) >= 11 is 5.39. The molecule has 1 aromatic heterocycles. The van der Waals surface area contributed by atoms with Gasteiger partial charge in [-0.1, -0.05) is 18.2 Å². The maximum absolute atomic E-state index is 5.98. The van der Waals surface area contributed by atoms with Gasteiger partial charge >= 0.3 is 0 Å². The molecule has 2 heterocycles. The van der Waals surface area contributed by atoms with Crippen molar-refractivity contribution in [2.45, 2.75) is 51.1 Å². The first-order chi connectivity index (χ1) is 13.2. The number of anilines is 2. The summed E-state index contributed by atoms with van der Waals surface area (Å²) in [5.74, 6) is 2.60. The van der Waals surface area contributed by atoms with Crippen molar-refractivity contribution in [2.75, 3.05) is 16.8 Å². The van der Waals surface area contributed by atoms with Crippen LogP contribution >= 0.6 is 12.2 Å². The Morgan fingerprint density at radius 3 is 2.70 bits per heavy atom. The molecule has 1 saturated heterocycles. The molecule has 2 fully saturated rings. The van der Waals surface area contributed by atoms with Crippen LogP contribution in [0.2, 0.25) is 0 Å². The molecule has 1 aromatic carbocycles. The first kappa shape index (κ1) is 18.0. The summed E-state index contributed by atoms with van der Waals surface area (Å²) < 4.78 is 5.98. The molecule has 1 saturated carbocycles. The number of hydrogen-bond acceptors (Lipinski definition) is 5. The minimum Gasteiger partial charge on any atom is -0.439 e. The number of rotatable bonds is 5. The van der Waals surface area contributed by atoms with E-state index in [1.165, 1.54) is 19.3 Å². The van der Waals surface area contributed by atoms with Crippen LogP contribution in [0.4, 0.5) is 11.8 Å². The zero-order valence-corrected chi connectivity index (χ0v) is 16.3. The number of nitrogens with zero attached hydrogens (tertiary/aromatic N) is 3. The second-order valence-corrected chi connectivity index (χ2v) is 7.62. The quantitative estimate of drug-likeness (QED) is 0.754. The molecule has 1 unspecified atom stereocenters. The Bertz CT molecular complexity index is 796. The van der Waals surface area contributed by atoms with E-state index in [1.54, 1.807) is 0 Å². The average Bonchev–Trinajstić information content (AvgIpc) is 3.46. The third-order valence-corrected chi connectivity index (χ3v) is 5.11. The highest BCUT2D eigenvalue weighted by molar-refractivity contribution is 7.80. The zero-order chi connectivity index (χ0) is 18.6. The number of aromatic nitrogens is 2. The van der Waals surface area contributed by atoms with Crippen LogP contribution in [0.25, 0.3) is 0 Å². The molecule has 7 heteroatoms. The van der Waals surface area contributed by atoms with Gasteiger partial charge in [0.15, 0.2) is 5.11 Å². The Kier molecular flexibility index (Phi) is 5.38. The number of para-hydroxylation sites is 1. The number of nitrogens with one attached hydrogen (secondary N) is 2. The number of piperidine rings is 1. The van der Waals surface area contributed by atoms with Crippen molar-refractivity contribution < 1.29 is 4.74 Å². The van der Waals surface area contributed by atoms with Crippen LogP contribution in [0.15, 0.2) is 36.4 Å². The van der Waals surface area contributed by atoms with Crippen molar-refractivity contribution in [2.24, 2.45) is 0 Å². The molecule has 0 amide bonds. The van der Waals surface area contributed by atoms with Crippen molar-refractivity contribution in [3.05, 3.63) is 36.4 Å². The maximum Gasteiger partial charge on any atom is 0.234 e. The van der Waals surface area contributed by atoms with Crippen molar-refractivity contribution >= 4 is 29.1 Å². The molecular weight excluding hydrogens is 358 g/mol. The van der Waals surface area contributed by atoms with Crippen molar-refractivity contribution in [1.82, 2.24) is 15.3 Å². The summed E-state index contributed by atoms with van der Waals surface area (Å²) in [7, 11) is 0. The van der Waals surface area contributed by atoms with Gasteiger partial charge in [-0.15, -0.1) is 0 Å². The van der Waals surface area contributed by atoms with E-state index < -0.39 is 0 Å². The second-order valence-electron chi connectivity index (χ2n) is 7.21. The predicted molar refractivity (Wildman–Crippen MR) is 112 cm³/mol. The minimum atomic E-state index is 0.447. The Morgan fingerprint density at radius 2 is 1.96 bits per heavy atom. The van der Waals surface area contributed by atoms with Crippen LogP contribution < -0.4 is 20.3 Å². The van der Waals surface area contributed by atoms with Gasteiger partial charge in [0.2, 0.25) is 11.8 Å². The molecule has 0 radical (unpaired) electrons. The lowest BCUT2D eigenvalue weighted by Crippen LogP contribution is -2.38. The smallest absolute Gasteiger partial charge is 0.234 e. The fraction of sp³-hybridized carbons (Fsp3) is 0.450. The van der Waals surface area contributed by atoms with Gasteiger partial charge in [0.25, 0.3) is 0 Å². The minimum absolute atomic E-state index is 0.447. The van der Waals surface area contributed by atoms with Gasteiger partial charge in [0.05, 0.1) is 0 Å². The molecule has 2 aliphatic rings. The molecular formula is C20H25N5OS. The van der Waals surface area contributed by atoms with Crippen LogP contribution in [-0.4, -0.2) is 33.7 Å². The summed E-state index contributed by atoms with van der Waals surface area (Å²) in [5.41, 5.74) is 0. The number of ether oxygens (including phenoxy) is 1. The van der Waals surface area contributed by atoms with E-state index in [9.17, 15) is 0 Å². The van der Waals surface area contributed by atoms with Gasteiger partial charge in [0.1, 0.15) is 11.6 Å². The molecule has 0 bridgehead atoms. The monoisotopic (exact) mass is 383 g/mol. The first-order valence-corrected chi connectivity index (χ1v) is 10.0. The van der Waals surface area contributed by atoms with Gasteiger partial charge in [0, 0.05) is 24.7 Å². The van der Waals surface area contributed by atoms with E-state index in [1.807, 2.05) is 36.4 Å². The van der Waals surface area contributed by atoms with Crippen molar-refractivity contribution in [1.29, 1.82) is 0 Å². The van der Waals surface area contributed by atoms with Crippen LogP contribution in [0, 0.1) is 0 Å². The third-order valence-electron chi connectivity index (χ3n) is 4.89. The Morgan fingerprint density at radius 1 is 1.15 bits per heavy atom. The number of benzene rings is 1. The SMILES string of the molecule is CC1CCCCN1c1cc(Oc2ccccc2)nc(NC(=S)NC2CC2)n1. The van der Waals surface area contributed by atoms with Crippen LogP contribution in [-0.2, 0) is 0 Å². The van der Waals surface area contributed by atoms with Gasteiger partial charge < -0.3 is 20.3 Å². The molecule has 142 valence electrons. The van der Waals surface area contributed by atoms with Crippen LogP contribution in [0.1, 0.15) is 39.0 Å². The summed E-state index contributed by atoms with van der Waals surface area (Å²) in [6.45, 7) is 3.23. The van der Waals surface area contributed by atoms with Gasteiger partial charge in [-0.25, -0.2) is 0 Å². The van der Waals surface area contributed by atoms with Crippen molar-refractivity contribution in [3.8, 4) is 11.6 Å². The number of hydrogen-bond donors (Lipinski definition) is 2. The zero-order valence-electron chi connectivity index (χ0n) is 15.5. The third kappa shape index (κ3) is 4.86. The lowest BCUT2D eigenvalue weighted by Gasteiger charge is -2.34. The largest absolute Gasteiger partial charge is 0.439 e. The first-order valence-electron chi connectivity index (χ1n) is 9.63. The summed E-state index contributed by atoms with van der Waals surface area (Å²) in [5, 5.41) is 6.95. The van der Waals surface area contributed by atoms with E-state index in [0.717, 1.165) is 31.0 Å². The fourth-order valence-electron chi connectivity index (χ4n) is 3.27. The fourth-order valence-corrected chi connectivity index (χ4v) is 3.52. The van der Waals surface area contributed by atoms with Crippen LogP contribution in [0.3, 0.4) is 0 Å².